The summed E-state index contributed by atoms with van der Waals surface area (Å²) in [5.41, 5.74) is 7.83. The van der Waals surface area contributed by atoms with E-state index < -0.39 is 0 Å². The average molecular weight is 486 g/mol. The SMILES string of the molecule is CCCCCCNC(=O)c1cc(Cc2ccc(-c3cncc(ONC)c3)nc2)c(C)cccccn1. The van der Waals surface area contributed by atoms with E-state index in [4.69, 9.17) is 4.84 Å². The molecular formula is C29H35N5O2. The van der Waals surface area contributed by atoms with Crippen LogP contribution in [-0.2, 0) is 6.42 Å². The molecular weight excluding hydrogens is 450 g/mol. The van der Waals surface area contributed by atoms with E-state index in [-0.39, 0.29) is 5.91 Å². The van der Waals surface area contributed by atoms with E-state index in [1.807, 2.05) is 61.7 Å². The predicted molar refractivity (Wildman–Crippen MR) is 143 cm³/mol. The maximum absolute atomic E-state index is 12.9. The molecule has 2 N–H and O–H groups in total. The van der Waals surface area contributed by atoms with Crippen molar-refractivity contribution < 1.29 is 9.63 Å². The van der Waals surface area contributed by atoms with Crippen molar-refractivity contribution in [2.24, 2.45) is 0 Å². The fraction of sp³-hybridized carbons (Fsp3) is 0.310. The highest BCUT2D eigenvalue weighted by Crippen LogP contribution is 2.21. The third kappa shape index (κ3) is 8.43. The van der Waals surface area contributed by atoms with Gasteiger partial charge in [-0.25, -0.2) is 0 Å². The van der Waals surface area contributed by atoms with Crippen molar-refractivity contribution in [3.8, 4) is 17.0 Å². The number of aryl methyl sites for hydroxylation is 1. The van der Waals surface area contributed by atoms with Crippen LogP contribution >= 0.6 is 0 Å². The fourth-order valence-electron chi connectivity index (χ4n) is 3.67. The van der Waals surface area contributed by atoms with E-state index in [0.717, 1.165) is 40.8 Å². The smallest absolute Gasteiger partial charge is 0.269 e. The van der Waals surface area contributed by atoms with Crippen LogP contribution in [0.4, 0.5) is 0 Å². The number of aromatic nitrogens is 3. The number of rotatable bonds is 11. The number of hydroxylamine groups is 1. The Balaban J connectivity index is 1.83. The lowest BCUT2D eigenvalue weighted by Gasteiger charge is -2.08. The molecule has 3 heterocycles. The number of amides is 1. The molecule has 0 aliphatic heterocycles. The van der Waals surface area contributed by atoms with Crippen molar-refractivity contribution >= 4 is 5.91 Å². The summed E-state index contributed by atoms with van der Waals surface area (Å²) in [6.45, 7) is 4.87. The van der Waals surface area contributed by atoms with E-state index in [1.54, 1.807) is 25.6 Å². The maximum Gasteiger partial charge on any atom is 0.269 e. The molecule has 0 bridgehead atoms. The zero-order valence-electron chi connectivity index (χ0n) is 21.3. The molecule has 0 aliphatic rings. The second kappa shape index (κ2) is 14.5. The summed E-state index contributed by atoms with van der Waals surface area (Å²) in [5.74, 6) is 0.460. The molecule has 0 saturated carbocycles. The molecule has 1 amide bonds. The Labute approximate surface area is 213 Å². The standard InChI is InChI=1S/C29H35N5O2/c1-4-5-6-9-15-33-29(35)28-18-24(22(2)11-8-7-10-14-32-28)16-23-12-13-27(34-19-23)25-17-26(36-30-3)21-31-20-25/h7-8,10-14,17-21,30H,4-6,9,15-16H2,1-3H3,(H,33,35). The van der Waals surface area contributed by atoms with Crippen LogP contribution in [0.15, 0.2) is 73.3 Å². The van der Waals surface area contributed by atoms with Gasteiger partial charge in [0.15, 0.2) is 5.75 Å². The lowest BCUT2D eigenvalue weighted by molar-refractivity contribution is 0.0948. The minimum atomic E-state index is -0.157. The Morgan fingerprint density at radius 2 is 1.86 bits per heavy atom. The number of hydrogen-bond acceptors (Lipinski definition) is 6. The van der Waals surface area contributed by atoms with Gasteiger partial charge in [-0.05, 0) is 60.7 Å². The van der Waals surface area contributed by atoms with Crippen LogP contribution in [0.1, 0.15) is 59.8 Å². The first-order chi connectivity index (χ1) is 17.6. The first-order valence-corrected chi connectivity index (χ1v) is 12.4. The predicted octanol–water partition coefficient (Wildman–Crippen LogP) is 5.39. The Morgan fingerprint density at radius 3 is 2.64 bits per heavy atom. The van der Waals surface area contributed by atoms with Gasteiger partial charge in [-0.15, -0.1) is 0 Å². The Hall–Kier alpha value is -3.84. The molecule has 0 aliphatic carbocycles. The fourth-order valence-corrected chi connectivity index (χ4v) is 3.67. The largest absolute Gasteiger partial charge is 0.407 e. The summed E-state index contributed by atoms with van der Waals surface area (Å²) in [7, 11) is 1.70. The number of nitrogens with zero attached hydrogens (tertiary/aromatic N) is 3. The minimum absolute atomic E-state index is 0.157. The van der Waals surface area contributed by atoms with Crippen molar-refractivity contribution in [1.29, 1.82) is 0 Å². The van der Waals surface area contributed by atoms with Gasteiger partial charge in [0, 0.05) is 37.7 Å². The molecule has 0 spiro atoms. The van der Waals surface area contributed by atoms with Crippen molar-refractivity contribution in [1.82, 2.24) is 25.7 Å². The second-order valence-corrected chi connectivity index (χ2v) is 8.52. The van der Waals surface area contributed by atoms with Crippen LogP contribution in [0.25, 0.3) is 11.3 Å². The number of hydrogen-bond donors (Lipinski definition) is 2. The molecule has 0 aromatic carbocycles. The van der Waals surface area contributed by atoms with Crippen LogP contribution in [-0.4, -0.2) is 34.5 Å². The highest BCUT2D eigenvalue weighted by Gasteiger charge is 2.09. The summed E-state index contributed by atoms with van der Waals surface area (Å²) in [5, 5.41) is 3.02. The third-order valence-corrected chi connectivity index (χ3v) is 5.68. The molecule has 0 radical (unpaired) electrons. The zero-order chi connectivity index (χ0) is 25.6. The maximum atomic E-state index is 12.9. The average Bonchev–Trinajstić information content (AvgIpc) is 2.89. The van der Waals surface area contributed by atoms with Crippen molar-refractivity contribution in [2.45, 2.75) is 46.0 Å². The van der Waals surface area contributed by atoms with Gasteiger partial charge < -0.3 is 10.2 Å². The number of nitrogens with one attached hydrogen (secondary N) is 2. The molecule has 36 heavy (non-hydrogen) atoms. The van der Waals surface area contributed by atoms with E-state index in [0.29, 0.717) is 24.4 Å². The van der Waals surface area contributed by atoms with Gasteiger partial charge in [0.25, 0.3) is 5.91 Å². The second-order valence-electron chi connectivity index (χ2n) is 8.52. The van der Waals surface area contributed by atoms with Crippen LogP contribution in [0, 0.1) is 6.92 Å². The quantitative estimate of drug-likeness (QED) is 0.280. The van der Waals surface area contributed by atoms with Gasteiger partial charge in [0.05, 0.1) is 11.9 Å². The number of carbonyl (C=O) groups is 1. The number of unbranched alkanes of at least 4 members (excludes halogenated alkanes) is 3. The zero-order valence-corrected chi connectivity index (χ0v) is 21.3. The van der Waals surface area contributed by atoms with E-state index in [2.05, 4.69) is 32.7 Å². The Morgan fingerprint density at radius 1 is 0.972 bits per heavy atom. The van der Waals surface area contributed by atoms with Crippen LogP contribution in [0.3, 0.4) is 0 Å². The van der Waals surface area contributed by atoms with Crippen molar-refractivity contribution in [3.63, 3.8) is 0 Å². The molecule has 0 unspecified atom stereocenters. The van der Waals surface area contributed by atoms with Crippen molar-refractivity contribution in [2.75, 3.05) is 13.6 Å². The Kier molecular flexibility index (Phi) is 10.8. The summed E-state index contributed by atoms with van der Waals surface area (Å²) < 4.78 is 0. The van der Waals surface area contributed by atoms with Gasteiger partial charge in [0.1, 0.15) is 5.69 Å². The van der Waals surface area contributed by atoms with Crippen LogP contribution < -0.4 is 15.6 Å². The number of carbonyl (C=O) groups excluding carboxylic acids is 1. The molecule has 0 atom stereocenters. The third-order valence-electron chi connectivity index (χ3n) is 5.68. The molecule has 0 fully saturated rings. The normalized spacial score (nSPS) is 10.4. The van der Waals surface area contributed by atoms with Crippen LogP contribution in [0.5, 0.6) is 5.75 Å². The van der Waals surface area contributed by atoms with Gasteiger partial charge in [0.2, 0.25) is 0 Å². The van der Waals surface area contributed by atoms with E-state index in [1.165, 1.54) is 12.8 Å². The molecule has 3 aromatic heterocycles. The van der Waals surface area contributed by atoms with Crippen LogP contribution in [0.2, 0.25) is 0 Å². The van der Waals surface area contributed by atoms with Gasteiger partial charge in [-0.1, -0.05) is 50.5 Å². The number of pyridine rings is 2. The minimum Gasteiger partial charge on any atom is -0.407 e. The monoisotopic (exact) mass is 485 g/mol. The van der Waals surface area contributed by atoms with Gasteiger partial charge in [-0.3, -0.25) is 19.7 Å². The lowest BCUT2D eigenvalue weighted by Crippen LogP contribution is -2.25. The molecule has 7 nitrogen and oxygen atoms in total. The summed E-state index contributed by atoms with van der Waals surface area (Å²) in [4.78, 5) is 31.5. The highest BCUT2D eigenvalue weighted by molar-refractivity contribution is 5.92. The highest BCUT2D eigenvalue weighted by atomic mass is 16.6. The van der Waals surface area contributed by atoms with Gasteiger partial charge >= 0.3 is 0 Å². The van der Waals surface area contributed by atoms with Crippen molar-refractivity contribution in [3.05, 3.63) is 95.7 Å². The van der Waals surface area contributed by atoms with Gasteiger partial charge in [-0.2, -0.15) is 5.48 Å². The molecule has 7 heteroatoms. The molecule has 0 saturated heterocycles. The first-order valence-electron chi connectivity index (χ1n) is 12.4. The van der Waals surface area contributed by atoms with E-state index >= 15 is 0 Å². The molecule has 3 rings (SSSR count). The summed E-state index contributed by atoms with van der Waals surface area (Å²) in [6, 6.07) is 15.5. The molecule has 3 aromatic rings. The first kappa shape index (κ1) is 26.8. The Bertz CT molecular complexity index is 1180. The summed E-state index contributed by atoms with van der Waals surface area (Å²) in [6.07, 6.45) is 12.0. The summed E-state index contributed by atoms with van der Waals surface area (Å²) >= 11 is 0. The molecule has 188 valence electrons. The lowest BCUT2D eigenvalue weighted by atomic mass is 10.0. The topological polar surface area (TPSA) is 89.0 Å². The van der Waals surface area contributed by atoms with E-state index in [9.17, 15) is 4.79 Å².